The highest BCUT2D eigenvalue weighted by Crippen LogP contribution is 2.23. The van der Waals surface area contributed by atoms with Gasteiger partial charge in [0.15, 0.2) is 6.04 Å². The molecule has 0 fully saturated rings. The van der Waals surface area contributed by atoms with Crippen LogP contribution in [0.5, 0.6) is 0 Å². The van der Waals surface area contributed by atoms with E-state index in [0.29, 0.717) is 5.56 Å². The number of esters is 1. The Hall–Kier alpha value is -2.79. The summed E-state index contributed by atoms with van der Waals surface area (Å²) >= 11 is 0. The van der Waals surface area contributed by atoms with Crippen molar-refractivity contribution in [3.8, 4) is 11.1 Å². The summed E-state index contributed by atoms with van der Waals surface area (Å²) in [5.41, 5.74) is 4.63. The van der Waals surface area contributed by atoms with E-state index in [1.165, 1.54) is 7.11 Å². The zero-order valence-electron chi connectivity index (χ0n) is 15.3. The fourth-order valence-corrected chi connectivity index (χ4v) is 2.24. The van der Waals surface area contributed by atoms with Crippen molar-refractivity contribution in [3.63, 3.8) is 0 Å². The predicted octanol–water partition coefficient (Wildman–Crippen LogP) is 2.82. The zero-order valence-corrected chi connectivity index (χ0v) is 15.3. The highest BCUT2D eigenvalue weighted by atomic mass is 16.7. The second kappa shape index (κ2) is 8.54. The van der Waals surface area contributed by atoms with Crippen molar-refractivity contribution in [1.29, 1.82) is 0 Å². The quantitative estimate of drug-likeness (QED) is 0.488. The molecule has 1 aromatic heterocycles. The molecule has 0 unspecified atom stereocenters. The van der Waals surface area contributed by atoms with Gasteiger partial charge in [0, 0.05) is 12.4 Å². The number of rotatable bonds is 6. The molecule has 1 atom stereocenters. The van der Waals surface area contributed by atoms with Crippen molar-refractivity contribution < 1.29 is 19.2 Å². The Morgan fingerprint density at radius 3 is 2.35 bits per heavy atom. The first-order valence-electron chi connectivity index (χ1n) is 8.13. The fraction of sp³-hybridized carbons (Fsp3) is 0.300. The standard InChI is InChI=1S/C20H22N2O4/c1-20(2,3)26-22-18(19(24)25-4)17(13-23)15-9-7-14(8-10-15)16-6-5-11-21-12-16/h5-12,18,22H,1-4H3/t18-/m0/s1. The number of hydroxylamine groups is 1. The van der Waals surface area contributed by atoms with Crippen molar-refractivity contribution in [2.45, 2.75) is 32.4 Å². The van der Waals surface area contributed by atoms with E-state index < -0.39 is 17.6 Å². The molecular formula is C20H22N2O4. The highest BCUT2D eigenvalue weighted by Gasteiger charge is 2.28. The summed E-state index contributed by atoms with van der Waals surface area (Å²) in [7, 11) is 1.25. The first-order valence-corrected chi connectivity index (χ1v) is 8.13. The smallest absolute Gasteiger partial charge is 0.330 e. The van der Waals surface area contributed by atoms with Gasteiger partial charge in [0.05, 0.1) is 18.3 Å². The number of carbonyl (C=O) groups is 1. The van der Waals surface area contributed by atoms with Crippen LogP contribution in [0.2, 0.25) is 0 Å². The minimum Gasteiger partial charge on any atom is -0.468 e. The van der Waals surface area contributed by atoms with Crippen molar-refractivity contribution in [3.05, 3.63) is 54.4 Å². The van der Waals surface area contributed by atoms with E-state index in [1.807, 2.05) is 51.0 Å². The van der Waals surface area contributed by atoms with E-state index in [9.17, 15) is 9.59 Å². The Morgan fingerprint density at radius 1 is 1.15 bits per heavy atom. The Morgan fingerprint density at radius 2 is 1.85 bits per heavy atom. The van der Waals surface area contributed by atoms with Gasteiger partial charge < -0.3 is 4.74 Å². The monoisotopic (exact) mass is 354 g/mol. The molecule has 0 radical (unpaired) electrons. The SMILES string of the molecule is COC(=O)[C@@H](NOC(C)(C)C)C(=C=O)c1ccc(-c2cccnc2)cc1. The number of hydrogen-bond donors (Lipinski definition) is 1. The first kappa shape index (κ1) is 19.5. The number of hydrogen-bond acceptors (Lipinski definition) is 6. The lowest BCUT2D eigenvalue weighted by Crippen LogP contribution is -2.43. The summed E-state index contributed by atoms with van der Waals surface area (Å²) in [5.74, 6) is 1.20. The van der Waals surface area contributed by atoms with Gasteiger partial charge in [-0.15, -0.1) is 0 Å². The third-order valence-corrected chi connectivity index (χ3v) is 3.51. The third kappa shape index (κ3) is 5.10. The van der Waals surface area contributed by atoms with Crippen LogP contribution in [0.4, 0.5) is 0 Å². The molecular weight excluding hydrogens is 332 g/mol. The number of pyridine rings is 1. The molecule has 0 spiro atoms. The molecule has 1 N–H and O–H groups in total. The van der Waals surface area contributed by atoms with Gasteiger partial charge in [0.25, 0.3) is 0 Å². The molecule has 0 aliphatic rings. The number of aromatic nitrogens is 1. The lowest BCUT2D eigenvalue weighted by Gasteiger charge is -2.24. The highest BCUT2D eigenvalue weighted by molar-refractivity contribution is 6.02. The number of nitrogens with zero attached hydrogens (tertiary/aromatic N) is 1. The molecule has 0 saturated carbocycles. The van der Waals surface area contributed by atoms with Crippen LogP contribution in [-0.4, -0.2) is 35.6 Å². The van der Waals surface area contributed by atoms with Crippen LogP contribution in [0.3, 0.4) is 0 Å². The molecule has 0 aliphatic carbocycles. The Labute approximate surface area is 152 Å². The summed E-state index contributed by atoms with van der Waals surface area (Å²) in [6.07, 6.45) is 3.45. The largest absolute Gasteiger partial charge is 0.468 e. The maximum absolute atomic E-state index is 12.1. The van der Waals surface area contributed by atoms with Crippen molar-refractivity contribution in [1.82, 2.24) is 10.5 Å². The first-order chi connectivity index (χ1) is 12.4. The van der Waals surface area contributed by atoms with Crippen molar-refractivity contribution in [2.75, 3.05) is 7.11 Å². The molecule has 26 heavy (non-hydrogen) atoms. The maximum Gasteiger partial charge on any atom is 0.330 e. The van der Waals surface area contributed by atoms with Gasteiger partial charge in [-0.2, -0.15) is 5.48 Å². The van der Waals surface area contributed by atoms with E-state index in [1.54, 1.807) is 24.5 Å². The topological polar surface area (TPSA) is 77.5 Å². The molecule has 0 aliphatic heterocycles. The molecule has 2 aromatic rings. The normalized spacial score (nSPS) is 12.2. The molecule has 6 nitrogen and oxygen atoms in total. The lowest BCUT2D eigenvalue weighted by molar-refractivity contribution is -0.150. The second-order valence-electron chi connectivity index (χ2n) is 6.62. The Balaban J connectivity index is 2.29. The van der Waals surface area contributed by atoms with E-state index in [0.717, 1.165) is 11.1 Å². The molecule has 0 amide bonds. The lowest BCUT2D eigenvalue weighted by atomic mass is 9.97. The van der Waals surface area contributed by atoms with Crippen molar-refractivity contribution >= 4 is 17.5 Å². The number of carbonyl (C=O) groups excluding carboxylic acids is 2. The summed E-state index contributed by atoms with van der Waals surface area (Å²) in [6.45, 7) is 5.46. The van der Waals surface area contributed by atoms with Gasteiger partial charge in [0.2, 0.25) is 0 Å². The van der Waals surface area contributed by atoms with Gasteiger partial charge in [-0.1, -0.05) is 30.3 Å². The van der Waals surface area contributed by atoms with E-state index in [4.69, 9.17) is 9.57 Å². The second-order valence-corrected chi connectivity index (χ2v) is 6.62. The summed E-state index contributed by atoms with van der Waals surface area (Å²) in [4.78, 5) is 33.2. The molecule has 6 heteroatoms. The zero-order chi connectivity index (χ0) is 19.2. The maximum atomic E-state index is 12.1. The van der Waals surface area contributed by atoms with Gasteiger partial charge in [-0.05, 0) is 43.5 Å². The Kier molecular flexibility index (Phi) is 6.41. The predicted molar refractivity (Wildman–Crippen MR) is 98.6 cm³/mol. The molecule has 2 rings (SSSR count). The van der Waals surface area contributed by atoms with Crippen LogP contribution in [-0.2, 0) is 19.2 Å². The minimum absolute atomic E-state index is 0.110. The van der Waals surface area contributed by atoms with Crippen LogP contribution >= 0.6 is 0 Å². The van der Waals surface area contributed by atoms with E-state index in [2.05, 4.69) is 10.5 Å². The summed E-state index contributed by atoms with van der Waals surface area (Å²) in [6, 6.07) is 9.90. The fourth-order valence-electron chi connectivity index (χ4n) is 2.24. The van der Waals surface area contributed by atoms with E-state index >= 15 is 0 Å². The van der Waals surface area contributed by atoms with Crippen molar-refractivity contribution in [2.24, 2.45) is 0 Å². The van der Waals surface area contributed by atoms with Crippen LogP contribution in [0, 0.1) is 0 Å². The average molecular weight is 354 g/mol. The molecule has 1 aromatic carbocycles. The van der Waals surface area contributed by atoms with Gasteiger partial charge in [-0.3, -0.25) is 9.82 Å². The third-order valence-electron chi connectivity index (χ3n) is 3.51. The number of nitrogens with one attached hydrogen (secondary N) is 1. The number of benzene rings is 1. The average Bonchev–Trinajstić information content (AvgIpc) is 2.64. The Bertz CT molecular complexity index is 789. The van der Waals surface area contributed by atoms with E-state index in [-0.39, 0.29) is 5.57 Å². The van der Waals surface area contributed by atoms with Crippen LogP contribution in [0.25, 0.3) is 16.7 Å². The van der Waals surface area contributed by atoms with Crippen LogP contribution in [0.15, 0.2) is 48.8 Å². The van der Waals surface area contributed by atoms with Gasteiger partial charge in [0.1, 0.15) is 5.94 Å². The number of methoxy groups -OCH3 is 1. The van der Waals surface area contributed by atoms with Gasteiger partial charge >= 0.3 is 5.97 Å². The summed E-state index contributed by atoms with van der Waals surface area (Å²) < 4.78 is 4.79. The molecule has 0 saturated heterocycles. The van der Waals surface area contributed by atoms with Gasteiger partial charge in [-0.25, -0.2) is 9.59 Å². The molecule has 136 valence electrons. The van der Waals surface area contributed by atoms with Crippen LogP contribution < -0.4 is 5.48 Å². The minimum atomic E-state index is -1.08. The molecule has 0 bridgehead atoms. The number of ether oxygens (including phenoxy) is 1. The summed E-state index contributed by atoms with van der Waals surface area (Å²) in [5, 5.41) is 0. The van der Waals surface area contributed by atoms with Crippen LogP contribution in [0.1, 0.15) is 26.3 Å². The molecule has 1 heterocycles.